The van der Waals surface area contributed by atoms with Crippen molar-refractivity contribution in [2.24, 2.45) is 0 Å². The number of hydrogen-bond donors (Lipinski definition) is 0. The summed E-state index contributed by atoms with van der Waals surface area (Å²) in [4.78, 5) is 13.9. The quantitative estimate of drug-likeness (QED) is 0.559. The first-order valence-electron chi connectivity index (χ1n) is 8.64. The minimum Gasteiger partial charge on any atom is -0.468 e. The maximum absolute atomic E-state index is 11.5. The molecule has 0 radical (unpaired) electrons. The second-order valence-corrected chi connectivity index (χ2v) is 7.11. The van der Waals surface area contributed by atoms with Crippen LogP contribution in [0.4, 0.5) is 0 Å². The number of rotatable bonds is 7. The van der Waals surface area contributed by atoms with Gasteiger partial charge in [0.1, 0.15) is 5.82 Å². The number of carbonyl (C=O) groups excluding carboxylic acids is 1. The predicted octanol–water partition coefficient (Wildman–Crippen LogP) is 2.58. The molecule has 0 atom stereocenters. The van der Waals surface area contributed by atoms with Crippen molar-refractivity contribution in [2.45, 2.75) is 37.5 Å². The van der Waals surface area contributed by atoms with Crippen molar-refractivity contribution in [3.05, 3.63) is 41.7 Å². The third kappa shape index (κ3) is 5.06. The summed E-state index contributed by atoms with van der Waals surface area (Å²) in [5.74, 6) is 0.947. The number of ether oxygens (including phenoxy) is 1. The molecule has 0 saturated carbocycles. The topological polar surface area (TPSA) is 60.2 Å². The fourth-order valence-electron chi connectivity index (χ4n) is 2.97. The molecule has 1 aliphatic heterocycles. The van der Waals surface area contributed by atoms with E-state index in [1.807, 2.05) is 18.2 Å². The molecule has 25 heavy (non-hydrogen) atoms. The summed E-state index contributed by atoms with van der Waals surface area (Å²) in [6.45, 7) is 3.74. The van der Waals surface area contributed by atoms with Crippen LogP contribution in [0.5, 0.6) is 0 Å². The monoisotopic (exact) mass is 360 g/mol. The van der Waals surface area contributed by atoms with Gasteiger partial charge >= 0.3 is 5.97 Å². The number of hydrogen-bond acceptors (Lipinski definition) is 6. The number of methoxy groups -OCH3 is 1. The first-order chi connectivity index (χ1) is 12.3. The first-order valence-corrected chi connectivity index (χ1v) is 9.63. The highest BCUT2D eigenvalue weighted by Gasteiger charge is 2.18. The van der Waals surface area contributed by atoms with Gasteiger partial charge in [0.25, 0.3) is 0 Å². The van der Waals surface area contributed by atoms with Gasteiger partial charge in [0, 0.05) is 0 Å². The Morgan fingerprint density at radius 3 is 2.60 bits per heavy atom. The van der Waals surface area contributed by atoms with Gasteiger partial charge in [-0.25, -0.2) is 0 Å². The number of carbonyl (C=O) groups is 1. The fourth-order valence-corrected chi connectivity index (χ4v) is 3.76. The lowest BCUT2D eigenvalue weighted by atomic mass is 10.1. The number of thioether (sulfide) groups is 1. The van der Waals surface area contributed by atoms with Crippen LogP contribution in [-0.2, 0) is 22.6 Å². The van der Waals surface area contributed by atoms with E-state index < -0.39 is 0 Å². The van der Waals surface area contributed by atoms with Gasteiger partial charge in [-0.2, -0.15) is 0 Å². The Morgan fingerprint density at radius 2 is 1.88 bits per heavy atom. The number of likely N-dealkylation sites (tertiary alicyclic amines) is 1. The zero-order valence-corrected chi connectivity index (χ0v) is 15.4. The number of benzene rings is 1. The average molecular weight is 360 g/mol. The Bertz CT molecular complexity index is 684. The van der Waals surface area contributed by atoms with Crippen molar-refractivity contribution < 1.29 is 9.53 Å². The average Bonchev–Trinajstić information content (AvgIpc) is 3.03. The molecule has 1 aliphatic rings. The Hall–Kier alpha value is -1.86. The second kappa shape index (κ2) is 9.01. The first kappa shape index (κ1) is 17.9. The number of aromatic nitrogens is 3. The predicted molar refractivity (Wildman–Crippen MR) is 97.4 cm³/mol. The maximum Gasteiger partial charge on any atom is 0.316 e. The summed E-state index contributed by atoms with van der Waals surface area (Å²) < 4.78 is 6.86. The molecule has 134 valence electrons. The molecule has 2 heterocycles. The number of piperidine rings is 1. The molecule has 3 rings (SSSR count). The number of esters is 1. The molecule has 0 spiro atoms. The van der Waals surface area contributed by atoms with Gasteiger partial charge in [-0.05, 0) is 31.5 Å². The molecule has 1 saturated heterocycles. The molecule has 0 N–H and O–H groups in total. The summed E-state index contributed by atoms with van der Waals surface area (Å²) in [5.41, 5.74) is 1.20. The van der Waals surface area contributed by atoms with Crippen LogP contribution in [0, 0.1) is 0 Å². The van der Waals surface area contributed by atoms with E-state index in [9.17, 15) is 4.79 Å². The standard InChI is InChI=1S/C18H24N4O2S/c1-24-17(23)14-25-18-20-19-16(13-21-10-6-3-7-11-21)22(18)12-15-8-4-2-5-9-15/h2,4-5,8-9H,3,6-7,10-14H2,1H3. The summed E-state index contributed by atoms with van der Waals surface area (Å²) >= 11 is 1.38. The molecule has 6 nitrogen and oxygen atoms in total. The second-order valence-electron chi connectivity index (χ2n) is 6.17. The Kier molecular flexibility index (Phi) is 6.47. The van der Waals surface area contributed by atoms with Crippen molar-refractivity contribution in [3.63, 3.8) is 0 Å². The number of nitrogens with zero attached hydrogens (tertiary/aromatic N) is 4. The molecule has 2 aromatic rings. The van der Waals surface area contributed by atoms with Crippen molar-refractivity contribution in [3.8, 4) is 0 Å². The lowest BCUT2D eigenvalue weighted by Crippen LogP contribution is -2.30. The molecule has 1 fully saturated rings. The smallest absolute Gasteiger partial charge is 0.316 e. The third-order valence-corrected chi connectivity index (χ3v) is 5.28. The van der Waals surface area contributed by atoms with Gasteiger partial charge in [0.2, 0.25) is 0 Å². The van der Waals surface area contributed by atoms with Gasteiger partial charge in [-0.15, -0.1) is 10.2 Å². The summed E-state index contributed by atoms with van der Waals surface area (Å²) in [6.07, 6.45) is 3.81. The lowest BCUT2D eigenvalue weighted by molar-refractivity contribution is -0.137. The molecule has 0 aliphatic carbocycles. The molecule has 1 aromatic carbocycles. The zero-order chi connectivity index (χ0) is 17.5. The van der Waals surface area contributed by atoms with Crippen molar-refractivity contribution in [1.82, 2.24) is 19.7 Å². The third-order valence-electron chi connectivity index (χ3n) is 4.34. The van der Waals surface area contributed by atoms with E-state index in [0.29, 0.717) is 6.54 Å². The minimum atomic E-state index is -0.253. The van der Waals surface area contributed by atoms with Crippen LogP contribution in [0.3, 0.4) is 0 Å². The highest BCUT2D eigenvalue weighted by molar-refractivity contribution is 7.99. The van der Waals surface area contributed by atoms with Crippen molar-refractivity contribution in [2.75, 3.05) is 26.0 Å². The van der Waals surface area contributed by atoms with Crippen molar-refractivity contribution in [1.29, 1.82) is 0 Å². The van der Waals surface area contributed by atoms with E-state index in [1.54, 1.807) is 0 Å². The van der Waals surface area contributed by atoms with Crippen LogP contribution < -0.4 is 0 Å². The van der Waals surface area contributed by atoms with E-state index >= 15 is 0 Å². The van der Waals surface area contributed by atoms with Gasteiger partial charge in [-0.1, -0.05) is 48.5 Å². The summed E-state index contributed by atoms with van der Waals surface area (Å²) in [7, 11) is 1.40. The summed E-state index contributed by atoms with van der Waals surface area (Å²) in [5, 5.41) is 9.50. The van der Waals surface area contributed by atoms with E-state index in [0.717, 1.165) is 30.6 Å². The molecule has 0 bridgehead atoms. The van der Waals surface area contributed by atoms with E-state index in [4.69, 9.17) is 4.74 Å². The van der Waals surface area contributed by atoms with Crippen LogP contribution in [0.15, 0.2) is 35.5 Å². The Morgan fingerprint density at radius 1 is 1.12 bits per heavy atom. The normalized spacial score (nSPS) is 15.2. The molecule has 0 unspecified atom stereocenters. The SMILES string of the molecule is COC(=O)CSc1nnc(CN2CCCCC2)n1Cc1ccccc1. The van der Waals surface area contributed by atoms with Gasteiger partial charge in [0.05, 0.1) is 26.0 Å². The lowest BCUT2D eigenvalue weighted by Gasteiger charge is -2.26. The van der Waals surface area contributed by atoms with Crippen LogP contribution in [0.1, 0.15) is 30.7 Å². The van der Waals surface area contributed by atoms with E-state index in [2.05, 4.69) is 31.8 Å². The minimum absolute atomic E-state index is 0.243. The largest absolute Gasteiger partial charge is 0.468 e. The zero-order valence-electron chi connectivity index (χ0n) is 14.6. The molecule has 0 amide bonds. The fraction of sp³-hybridized carbons (Fsp3) is 0.500. The van der Waals surface area contributed by atoms with Gasteiger partial charge in [-0.3, -0.25) is 9.69 Å². The highest BCUT2D eigenvalue weighted by atomic mass is 32.2. The van der Waals surface area contributed by atoms with Crippen LogP contribution in [0.2, 0.25) is 0 Å². The summed E-state index contributed by atoms with van der Waals surface area (Å²) in [6, 6.07) is 10.3. The van der Waals surface area contributed by atoms with Crippen LogP contribution in [-0.4, -0.2) is 51.6 Å². The highest BCUT2D eigenvalue weighted by Crippen LogP contribution is 2.21. The molecule has 1 aromatic heterocycles. The van der Waals surface area contributed by atoms with Gasteiger partial charge in [0.15, 0.2) is 5.16 Å². The maximum atomic E-state index is 11.5. The van der Waals surface area contributed by atoms with Crippen LogP contribution >= 0.6 is 11.8 Å². The van der Waals surface area contributed by atoms with Crippen LogP contribution in [0.25, 0.3) is 0 Å². The molecule has 7 heteroatoms. The van der Waals surface area contributed by atoms with E-state index in [-0.39, 0.29) is 11.7 Å². The molecular formula is C18H24N4O2S. The Labute approximate surface area is 152 Å². The van der Waals surface area contributed by atoms with Gasteiger partial charge < -0.3 is 9.30 Å². The van der Waals surface area contributed by atoms with E-state index in [1.165, 1.54) is 43.7 Å². The Balaban J connectivity index is 1.78. The molecular weight excluding hydrogens is 336 g/mol. The van der Waals surface area contributed by atoms with Crippen molar-refractivity contribution >= 4 is 17.7 Å².